The number of hydrogen-bond donors (Lipinski definition) is 1. The van der Waals surface area contributed by atoms with Gasteiger partial charge in [-0.3, -0.25) is 4.79 Å². The van der Waals surface area contributed by atoms with Gasteiger partial charge in [-0.1, -0.05) is 17.7 Å². The third-order valence-corrected chi connectivity index (χ3v) is 1.91. The van der Waals surface area contributed by atoms with Crippen LogP contribution in [-0.2, 0) is 10.7 Å². The van der Waals surface area contributed by atoms with E-state index in [2.05, 4.69) is 5.32 Å². The van der Waals surface area contributed by atoms with Gasteiger partial charge in [-0.15, -0.1) is 11.6 Å². The van der Waals surface area contributed by atoms with Crippen LogP contribution in [0.5, 0.6) is 0 Å². The van der Waals surface area contributed by atoms with Gasteiger partial charge in [0.15, 0.2) is 0 Å². The van der Waals surface area contributed by atoms with Gasteiger partial charge in [-0.05, 0) is 18.6 Å². The van der Waals surface area contributed by atoms with Crippen LogP contribution in [0.25, 0.3) is 0 Å². The molecule has 0 spiro atoms. The van der Waals surface area contributed by atoms with Crippen LogP contribution in [-0.4, -0.2) is 6.41 Å². The van der Waals surface area contributed by atoms with E-state index in [9.17, 15) is 4.79 Å². The van der Waals surface area contributed by atoms with Crippen molar-refractivity contribution in [2.75, 3.05) is 5.32 Å². The number of alkyl halides is 1. The second kappa shape index (κ2) is 4.12. The van der Waals surface area contributed by atoms with E-state index in [1.54, 1.807) is 0 Å². The van der Waals surface area contributed by atoms with Gasteiger partial charge in [0.1, 0.15) is 0 Å². The number of anilines is 1. The second-order valence-corrected chi connectivity index (χ2v) is 2.82. The van der Waals surface area contributed by atoms with Crippen molar-refractivity contribution in [2.24, 2.45) is 0 Å². The van der Waals surface area contributed by atoms with Crippen molar-refractivity contribution in [1.82, 2.24) is 0 Å². The van der Waals surface area contributed by atoms with Crippen LogP contribution >= 0.6 is 11.6 Å². The first-order valence-electron chi connectivity index (χ1n) is 3.63. The summed E-state index contributed by atoms with van der Waals surface area (Å²) in [5.41, 5.74) is 2.87. The van der Waals surface area contributed by atoms with Crippen LogP contribution < -0.4 is 5.32 Å². The minimum Gasteiger partial charge on any atom is -0.328 e. The van der Waals surface area contributed by atoms with Gasteiger partial charge in [0.2, 0.25) is 6.41 Å². The van der Waals surface area contributed by atoms with E-state index in [1.807, 2.05) is 25.1 Å². The van der Waals surface area contributed by atoms with Gasteiger partial charge in [-0.2, -0.15) is 0 Å². The molecule has 64 valence electrons. The molecule has 0 aromatic heterocycles. The van der Waals surface area contributed by atoms with Crippen molar-refractivity contribution in [3.63, 3.8) is 0 Å². The summed E-state index contributed by atoms with van der Waals surface area (Å²) in [4.78, 5) is 10.2. The largest absolute Gasteiger partial charge is 0.328 e. The maximum absolute atomic E-state index is 10.2. The van der Waals surface area contributed by atoms with E-state index < -0.39 is 0 Å². The van der Waals surface area contributed by atoms with Crippen molar-refractivity contribution in [3.05, 3.63) is 29.3 Å². The standard InChI is InChI=1S/C9H10ClNO/c1-7-2-3-9(11-6-12)8(4-7)5-10/h2-4,6H,5H2,1H3,(H,11,12). The molecule has 0 radical (unpaired) electrons. The van der Waals surface area contributed by atoms with Gasteiger partial charge in [0.25, 0.3) is 0 Å². The predicted octanol–water partition coefficient (Wildman–Crippen LogP) is 2.30. The average Bonchev–Trinajstić information content (AvgIpc) is 2.08. The van der Waals surface area contributed by atoms with Crippen molar-refractivity contribution in [3.8, 4) is 0 Å². The first kappa shape index (κ1) is 9.07. The lowest BCUT2D eigenvalue weighted by Gasteiger charge is -2.05. The van der Waals surface area contributed by atoms with Crippen molar-refractivity contribution in [1.29, 1.82) is 0 Å². The molecule has 0 aliphatic heterocycles. The highest BCUT2D eigenvalue weighted by Crippen LogP contribution is 2.18. The Morgan fingerprint density at radius 3 is 2.92 bits per heavy atom. The molecule has 1 N–H and O–H groups in total. The molecule has 1 amide bonds. The van der Waals surface area contributed by atoms with Crippen LogP contribution in [0, 0.1) is 6.92 Å². The Bertz CT molecular complexity index is 286. The van der Waals surface area contributed by atoms with E-state index in [4.69, 9.17) is 11.6 Å². The maximum Gasteiger partial charge on any atom is 0.211 e. The zero-order valence-corrected chi connectivity index (χ0v) is 7.56. The molecule has 0 aliphatic rings. The molecule has 2 nitrogen and oxygen atoms in total. The second-order valence-electron chi connectivity index (χ2n) is 2.56. The molecule has 0 bridgehead atoms. The number of halogens is 1. The van der Waals surface area contributed by atoms with Crippen LogP contribution in [0.1, 0.15) is 11.1 Å². The maximum atomic E-state index is 10.2. The molecular formula is C9H10ClNO. The summed E-state index contributed by atoms with van der Waals surface area (Å²) in [6.07, 6.45) is 0.653. The lowest BCUT2D eigenvalue weighted by Crippen LogP contribution is -1.97. The van der Waals surface area contributed by atoms with Crippen LogP contribution in [0.2, 0.25) is 0 Å². The molecule has 0 fully saturated rings. The molecule has 3 heteroatoms. The number of hydrogen-bond acceptors (Lipinski definition) is 1. The summed E-state index contributed by atoms with van der Waals surface area (Å²) in [5, 5.41) is 2.59. The van der Waals surface area contributed by atoms with Crippen molar-refractivity contribution >= 4 is 23.7 Å². The van der Waals surface area contributed by atoms with Crippen LogP contribution in [0.4, 0.5) is 5.69 Å². The summed E-state index contributed by atoms with van der Waals surface area (Å²) in [6.45, 7) is 1.99. The SMILES string of the molecule is Cc1ccc(NC=O)c(CCl)c1. The fraction of sp³-hybridized carbons (Fsp3) is 0.222. The monoisotopic (exact) mass is 183 g/mol. The molecule has 1 aromatic rings. The van der Waals surface area contributed by atoms with Crippen LogP contribution in [0.15, 0.2) is 18.2 Å². The highest BCUT2D eigenvalue weighted by Gasteiger charge is 1.99. The van der Waals surface area contributed by atoms with E-state index >= 15 is 0 Å². The zero-order valence-electron chi connectivity index (χ0n) is 6.80. The molecule has 0 atom stereocenters. The highest BCUT2D eigenvalue weighted by atomic mass is 35.5. The molecular weight excluding hydrogens is 174 g/mol. The minimum atomic E-state index is 0.415. The topological polar surface area (TPSA) is 29.1 Å². The Morgan fingerprint density at radius 2 is 2.33 bits per heavy atom. The number of carbonyl (C=O) groups excluding carboxylic acids is 1. The van der Waals surface area contributed by atoms with Gasteiger partial charge in [0, 0.05) is 11.6 Å². The fourth-order valence-corrected chi connectivity index (χ4v) is 1.26. The summed E-state index contributed by atoms with van der Waals surface area (Å²) >= 11 is 5.68. The lowest BCUT2D eigenvalue weighted by atomic mass is 10.1. The smallest absolute Gasteiger partial charge is 0.211 e. The summed E-state index contributed by atoms with van der Waals surface area (Å²) < 4.78 is 0. The molecule has 1 aromatic carbocycles. The number of rotatable bonds is 3. The Balaban J connectivity index is 3.01. The highest BCUT2D eigenvalue weighted by molar-refractivity contribution is 6.17. The van der Waals surface area contributed by atoms with Gasteiger partial charge >= 0.3 is 0 Å². The molecule has 0 saturated carbocycles. The average molecular weight is 184 g/mol. The van der Waals surface area contributed by atoms with Crippen molar-refractivity contribution < 1.29 is 4.79 Å². The summed E-state index contributed by atoms with van der Waals surface area (Å²) in [6, 6.07) is 5.74. The Morgan fingerprint density at radius 1 is 1.58 bits per heavy atom. The molecule has 0 saturated heterocycles. The number of aryl methyl sites for hydroxylation is 1. The van der Waals surface area contributed by atoms with E-state index in [-0.39, 0.29) is 0 Å². The third-order valence-electron chi connectivity index (χ3n) is 1.62. The Hall–Kier alpha value is -1.02. The van der Waals surface area contributed by atoms with Gasteiger partial charge in [0.05, 0.1) is 0 Å². The van der Waals surface area contributed by atoms with E-state index in [1.165, 1.54) is 0 Å². The molecule has 0 heterocycles. The molecule has 0 aliphatic carbocycles. The van der Waals surface area contributed by atoms with Gasteiger partial charge in [-0.25, -0.2) is 0 Å². The molecule has 0 unspecified atom stereocenters. The van der Waals surface area contributed by atoms with E-state index in [0.717, 1.165) is 16.8 Å². The van der Waals surface area contributed by atoms with Gasteiger partial charge < -0.3 is 5.32 Å². The number of carbonyl (C=O) groups is 1. The minimum absolute atomic E-state index is 0.415. The fourth-order valence-electron chi connectivity index (χ4n) is 1.04. The lowest BCUT2D eigenvalue weighted by molar-refractivity contribution is -0.105. The van der Waals surface area contributed by atoms with Crippen molar-refractivity contribution in [2.45, 2.75) is 12.8 Å². The first-order chi connectivity index (χ1) is 5.77. The number of amides is 1. The predicted molar refractivity (Wildman–Crippen MR) is 50.4 cm³/mol. The zero-order chi connectivity index (χ0) is 8.97. The molecule has 1 rings (SSSR count). The number of nitrogens with one attached hydrogen (secondary N) is 1. The quantitative estimate of drug-likeness (QED) is 0.566. The Kier molecular flexibility index (Phi) is 3.11. The summed E-state index contributed by atoms with van der Waals surface area (Å²) in [7, 11) is 0. The normalized spacial score (nSPS) is 9.50. The van der Waals surface area contributed by atoms with E-state index in [0.29, 0.717) is 12.3 Å². The van der Waals surface area contributed by atoms with Crippen LogP contribution in [0.3, 0.4) is 0 Å². The number of benzene rings is 1. The first-order valence-corrected chi connectivity index (χ1v) is 4.17. The summed E-state index contributed by atoms with van der Waals surface area (Å²) in [5.74, 6) is 0.415. The molecule has 12 heavy (non-hydrogen) atoms. The Labute approximate surface area is 76.5 Å². The third kappa shape index (κ3) is 1.98.